The Morgan fingerprint density at radius 2 is 2.00 bits per heavy atom. The summed E-state index contributed by atoms with van der Waals surface area (Å²) in [5.74, 6) is -0.228. The number of furan rings is 1. The number of aryl methyl sites for hydroxylation is 2. The first-order chi connectivity index (χ1) is 11.0. The Balaban J connectivity index is 1.73. The lowest BCUT2D eigenvalue weighted by molar-refractivity contribution is -0.125. The highest BCUT2D eigenvalue weighted by Crippen LogP contribution is 2.15. The average Bonchev–Trinajstić information content (AvgIpc) is 3.03. The minimum Gasteiger partial charge on any atom is -0.465 e. The Bertz CT molecular complexity index is 706. The standard InChI is InChI=1S/C17H19N3O3/c1-12-5-7-15(13(2)10-12)18-11-17(22)20-19-16(21)8-6-14-4-3-9-23-14/h3-10,18H,11H2,1-2H3,(H,19,21)(H,20,22)/b8-6+. The van der Waals surface area contributed by atoms with Crippen molar-refractivity contribution in [1.82, 2.24) is 10.9 Å². The van der Waals surface area contributed by atoms with Crippen LogP contribution < -0.4 is 16.2 Å². The topological polar surface area (TPSA) is 83.4 Å². The van der Waals surface area contributed by atoms with Crippen molar-refractivity contribution in [3.05, 3.63) is 59.6 Å². The third-order valence-electron chi connectivity index (χ3n) is 3.09. The van der Waals surface area contributed by atoms with Crippen LogP contribution in [0.25, 0.3) is 6.08 Å². The first-order valence-electron chi connectivity index (χ1n) is 7.16. The highest BCUT2D eigenvalue weighted by atomic mass is 16.3. The van der Waals surface area contributed by atoms with E-state index in [0.717, 1.165) is 16.8 Å². The number of hydrogen-bond acceptors (Lipinski definition) is 4. The molecule has 1 heterocycles. The maximum absolute atomic E-state index is 11.7. The Morgan fingerprint density at radius 1 is 1.17 bits per heavy atom. The third-order valence-corrected chi connectivity index (χ3v) is 3.09. The molecule has 0 saturated carbocycles. The minimum atomic E-state index is -0.443. The van der Waals surface area contributed by atoms with Gasteiger partial charge in [0.05, 0.1) is 12.8 Å². The quantitative estimate of drug-likeness (QED) is 0.583. The van der Waals surface area contributed by atoms with Crippen LogP contribution in [0.2, 0.25) is 0 Å². The second-order valence-corrected chi connectivity index (χ2v) is 5.06. The highest BCUT2D eigenvalue weighted by molar-refractivity contribution is 5.93. The number of rotatable bonds is 5. The minimum absolute atomic E-state index is 0.0616. The fraction of sp³-hybridized carbons (Fsp3) is 0.176. The van der Waals surface area contributed by atoms with Gasteiger partial charge in [0.15, 0.2) is 0 Å². The molecular formula is C17H19N3O3. The van der Waals surface area contributed by atoms with Crippen LogP contribution in [0, 0.1) is 13.8 Å². The SMILES string of the molecule is Cc1ccc(NCC(=O)NNC(=O)/C=C/c2ccco2)c(C)c1. The molecule has 0 spiro atoms. The summed E-state index contributed by atoms with van der Waals surface area (Å²) in [7, 11) is 0. The summed E-state index contributed by atoms with van der Waals surface area (Å²) in [5, 5.41) is 3.02. The van der Waals surface area contributed by atoms with Gasteiger partial charge in [0.1, 0.15) is 5.76 Å². The lowest BCUT2D eigenvalue weighted by Gasteiger charge is -2.10. The zero-order valence-corrected chi connectivity index (χ0v) is 13.1. The summed E-state index contributed by atoms with van der Waals surface area (Å²) in [6, 6.07) is 9.35. The van der Waals surface area contributed by atoms with Crippen molar-refractivity contribution >= 4 is 23.6 Å². The Labute approximate surface area is 134 Å². The molecule has 1 aromatic heterocycles. The van der Waals surface area contributed by atoms with E-state index >= 15 is 0 Å². The normalized spacial score (nSPS) is 10.5. The van der Waals surface area contributed by atoms with Crippen molar-refractivity contribution in [2.24, 2.45) is 0 Å². The predicted molar refractivity (Wildman–Crippen MR) is 88.4 cm³/mol. The second kappa shape index (κ2) is 7.84. The molecule has 0 radical (unpaired) electrons. The van der Waals surface area contributed by atoms with Crippen molar-refractivity contribution in [3.8, 4) is 0 Å². The molecule has 1 aromatic carbocycles. The lowest BCUT2D eigenvalue weighted by atomic mass is 10.1. The van der Waals surface area contributed by atoms with E-state index in [2.05, 4.69) is 16.2 Å². The van der Waals surface area contributed by atoms with Crippen LogP contribution in [-0.2, 0) is 9.59 Å². The van der Waals surface area contributed by atoms with E-state index in [9.17, 15) is 9.59 Å². The summed E-state index contributed by atoms with van der Waals surface area (Å²) in [6.07, 6.45) is 4.30. The highest BCUT2D eigenvalue weighted by Gasteiger charge is 2.04. The summed E-state index contributed by atoms with van der Waals surface area (Å²) in [6.45, 7) is 4.04. The van der Waals surface area contributed by atoms with Gasteiger partial charge in [0, 0.05) is 11.8 Å². The molecule has 0 bridgehead atoms. The number of nitrogens with one attached hydrogen (secondary N) is 3. The van der Waals surface area contributed by atoms with Crippen LogP contribution >= 0.6 is 0 Å². The van der Waals surface area contributed by atoms with Crippen molar-refractivity contribution in [3.63, 3.8) is 0 Å². The fourth-order valence-corrected chi connectivity index (χ4v) is 1.95. The number of carbonyl (C=O) groups excluding carboxylic acids is 2. The van der Waals surface area contributed by atoms with Crippen LogP contribution in [-0.4, -0.2) is 18.4 Å². The maximum Gasteiger partial charge on any atom is 0.262 e. The van der Waals surface area contributed by atoms with E-state index in [1.165, 1.54) is 18.4 Å². The zero-order valence-electron chi connectivity index (χ0n) is 13.1. The van der Waals surface area contributed by atoms with Crippen molar-refractivity contribution in [2.75, 3.05) is 11.9 Å². The molecule has 2 rings (SSSR count). The molecule has 0 aliphatic heterocycles. The van der Waals surface area contributed by atoms with E-state index < -0.39 is 5.91 Å². The van der Waals surface area contributed by atoms with Gasteiger partial charge in [0.25, 0.3) is 11.8 Å². The van der Waals surface area contributed by atoms with Crippen LogP contribution in [0.3, 0.4) is 0 Å². The number of carbonyl (C=O) groups is 2. The molecule has 6 nitrogen and oxygen atoms in total. The molecule has 0 saturated heterocycles. The van der Waals surface area contributed by atoms with E-state index in [1.54, 1.807) is 12.1 Å². The Hall–Kier alpha value is -3.02. The first-order valence-corrected chi connectivity index (χ1v) is 7.16. The molecule has 23 heavy (non-hydrogen) atoms. The molecule has 2 aromatic rings. The van der Waals surface area contributed by atoms with E-state index in [1.807, 2.05) is 32.0 Å². The number of hydrazine groups is 1. The first kappa shape index (κ1) is 16.4. The van der Waals surface area contributed by atoms with Crippen LogP contribution in [0.5, 0.6) is 0 Å². The molecule has 2 amide bonds. The molecule has 0 atom stereocenters. The maximum atomic E-state index is 11.7. The van der Waals surface area contributed by atoms with Gasteiger partial charge in [-0.15, -0.1) is 0 Å². The van der Waals surface area contributed by atoms with Gasteiger partial charge in [-0.25, -0.2) is 0 Å². The molecule has 0 fully saturated rings. The number of amides is 2. The second-order valence-electron chi connectivity index (χ2n) is 5.06. The van der Waals surface area contributed by atoms with Gasteiger partial charge in [-0.3, -0.25) is 20.4 Å². The largest absolute Gasteiger partial charge is 0.465 e. The van der Waals surface area contributed by atoms with Gasteiger partial charge < -0.3 is 9.73 Å². The molecule has 6 heteroatoms. The van der Waals surface area contributed by atoms with E-state index in [-0.39, 0.29) is 12.5 Å². The van der Waals surface area contributed by atoms with Gasteiger partial charge in [-0.05, 0) is 43.7 Å². The molecule has 120 valence electrons. The van der Waals surface area contributed by atoms with E-state index in [0.29, 0.717) is 5.76 Å². The van der Waals surface area contributed by atoms with Crippen LogP contribution in [0.1, 0.15) is 16.9 Å². The summed E-state index contributed by atoms with van der Waals surface area (Å²) in [5.41, 5.74) is 7.73. The third kappa shape index (κ3) is 5.35. The summed E-state index contributed by atoms with van der Waals surface area (Å²) >= 11 is 0. The number of hydrogen-bond donors (Lipinski definition) is 3. The van der Waals surface area contributed by atoms with Crippen molar-refractivity contribution in [1.29, 1.82) is 0 Å². The van der Waals surface area contributed by atoms with E-state index in [4.69, 9.17) is 4.42 Å². The predicted octanol–water partition coefficient (Wildman–Crippen LogP) is 2.17. The molecule has 0 aliphatic carbocycles. The smallest absolute Gasteiger partial charge is 0.262 e. The lowest BCUT2D eigenvalue weighted by Crippen LogP contribution is -2.43. The summed E-state index contributed by atoms with van der Waals surface area (Å²) < 4.78 is 5.05. The van der Waals surface area contributed by atoms with Crippen molar-refractivity contribution < 1.29 is 14.0 Å². The molecule has 0 unspecified atom stereocenters. The molecular weight excluding hydrogens is 294 g/mol. The monoisotopic (exact) mass is 313 g/mol. The average molecular weight is 313 g/mol. The number of anilines is 1. The summed E-state index contributed by atoms with van der Waals surface area (Å²) in [4.78, 5) is 23.2. The van der Waals surface area contributed by atoms with Gasteiger partial charge in [-0.1, -0.05) is 17.7 Å². The Morgan fingerprint density at radius 3 is 2.70 bits per heavy atom. The van der Waals surface area contributed by atoms with Crippen LogP contribution in [0.4, 0.5) is 5.69 Å². The van der Waals surface area contributed by atoms with Gasteiger partial charge in [-0.2, -0.15) is 0 Å². The van der Waals surface area contributed by atoms with Gasteiger partial charge in [0.2, 0.25) is 0 Å². The fourth-order valence-electron chi connectivity index (χ4n) is 1.95. The molecule has 0 aliphatic rings. The van der Waals surface area contributed by atoms with Gasteiger partial charge >= 0.3 is 0 Å². The number of benzene rings is 1. The zero-order chi connectivity index (χ0) is 16.7. The molecule has 3 N–H and O–H groups in total. The Kier molecular flexibility index (Phi) is 5.57. The van der Waals surface area contributed by atoms with Crippen molar-refractivity contribution in [2.45, 2.75) is 13.8 Å². The van der Waals surface area contributed by atoms with Crippen LogP contribution in [0.15, 0.2) is 47.1 Å².